The standard InChI is InChI=1S/C25H23FN2O4/c1-16-13-20(17(2)28(16)23-12-8-7-11-21(23)26)24(30)15-32-25(31)22(27-18(3)29)14-19-9-5-4-6-10-19/h4-14H,15H2,1-3H3,(H,27,29)/b22-14-. The molecule has 0 fully saturated rings. The van der Waals surface area contributed by atoms with Crippen molar-refractivity contribution in [3.8, 4) is 5.69 Å². The Kier molecular flexibility index (Phi) is 7.00. The molecule has 1 N–H and O–H groups in total. The molecule has 0 aliphatic rings. The number of nitrogens with one attached hydrogen (secondary N) is 1. The van der Waals surface area contributed by atoms with E-state index in [2.05, 4.69) is 5.32 Å². The Labute approximate surface area is 185 Å². The first kappa shape index (κ1) is 22.7. The van der Waals surface area contributed by atoms with Gasteiger partial charge in [-0.1, -0.05) is 42.5 Å². The highest BCUT2D eigenvalue weighted by Gasteiger charge is 2.21. The van der Waals surface area contributed by atoms with E-state index in [1.807, 2.05) is 6.07 Å². The van der Waals surface area contributed by atoms with Gasteiger partial charge < -0.3 is 14.6 Å². The molecule has 1 aromatic heterocycles. The Morgan fingerprint density at radius 3 is 2.34 bits per heavy atom. The summed E-state index contributed by atoms with van der Waals surface area (Å²) in [6, 6.07) is 16.8. The number of hydrogen-bond donors (Lipinski definition) is 1. The van der Waals surface area contributed by atoms with Crippen molar-refractivity contribution >= 4 is 23.7 Å². The lowest BCUT2D eigenvalue weighted by Gasteiger charge is -2.11. The average molecular weight is 434 g/mol. The van der Waals surface area contributed by atoms with Crippen LogP contribution in [0, 0.1) is 19.7 Å². The minimum absolute atomic E-state index is 0.0756. The molecule has 0 aliphatic heterocycles. The molecule has 7 heteroatoms. The van der Waals surface area contributed by atoms with Crippen LogP contribution in [0.1, 0.15) is 34.2 Å². The van der Waals surface area contributed by atoms with Gasteiger partial charge in [0.05, 0.1) is 5.69 Å². The highest BCUT2D eigenvalue weighted by Crippen LogP contribution is 2.23. The monoisotopic (exact) mass is 434 g/mol. The van der Waals surface area contributed by atoms with Crippen molar-refractivity contribution in [3.63, 3.8) is 0 Å². The minimum atomic E-state index is -0.833. The molecule has 1 heterocycles. The molecular formula is C25H23FN2O4. The topological polar surface area (TPSA) is 77.4 Å². The van der Waals surface area contributed by atoms with Gasteiger partial charge in [-0.2, -0.15) is 0 Å². The lowest BCUT2D eigenvalue weighted by molar-refractivity contribution is -0.139. The van der Waals surface area contributed by atoms with Crippen LogP contribution in [0.15, 0.2) is 66.4 Å². The molecule has 0 spiro atoms. The number of para-hydroxylation sites is 1. The zero-order valence-corrected chi connectivity index (χ0v) is 18.0. The summed E-state index contributed by atoms with van der Waals surface area (Å²) in [7, 11) is 0. The van der Waals surface area contributed by atoms with Gasteiger partial charge in [0, 0.05) is 23.9 Å². The fourth-order valence-electron chi connectivity index (χ4n) is 3.39. The number of ketones is 1. The summed E-state index contributed by atoms with van der Waals surface area (Å²) in [6.07, 6.45) is 1.47. The number of aryl methyl sites for hydroxylation is 1. The fourth-order valence-corrected chi connectivity index (χ4v) is 3.39. The second-order valence-corrected chi connectivity index (χ2v) is 7.22. The largest absolute Gasteiger partial charge is 0.453 e. The summed E-state index contributed by atoms with van der Waals surface area (Å²) in [5.74, 6) is -2.12. The van der Waals surface area contributed by atoms with Crippen LogP contribution < -0.4 is 5.32 Å². The molecule has 6 nitrogen and oxygen atoms in total. The molecular weight excluding hydrogens is 411 g/mol. The Bertz CT molecular complexity index is 1200. The van der Waals surface area contributed by atoms with E-state index in [1.54, 1.807) is 66.9 Å². The number of rotatable bonds is 7. The quantitative estimate of drug-likeness (QED) is 0.345. The summed E-state index contributed by atoms with van der Waals surface area (Å²) in [5, 5.41) is 2.43. The minimum Gasteiger partial charge on any atom is -0.453 e. The molecule has 164 valence electrons. The number of carbonyl (C=O) groups excluding carboxylic acids is 3. The highest BCUT2D eigenvalue weighted by molar-refractivity contribution is 6.02. The third-order valence-electron chi connectivity index (χ3n) is 4.80. The van der Waals surface area contributed by atoms with Crippen molar-refractivity contribution in [2.24, 2.45) is 0 Å². The zero-order chi connectivity index (χ0) is 23.3. The number of nitrogens with zero attached hydrogens (tertiary/aromatic N) is 1. The molecule has 0 saturated heterocycles. The zero-order valence-electron chi connectivity index (χ0n) is 18.0. The van der Waals surface area contributed by atoms with Gasteiger partial charge in [-0.05, 0) is 43.7 Å². The van der Waals surface area contributed by atoms with Crippen LogP contribution in [0.5, 0.6) is 0 Å². The first-order chi connectivity index (χ1) is 15.3. The van der Waals surface area contributed by atoms with E-state index < -0.39 is 30.1 Å². The van der Waals surface area contributed by atoms with Crippen LogP contribution >= 0.6 is 0 Å². The summed E-state index contributed by atoms with van der Waals surface area (Å²) in [6.45, 7) is 4.22. The summed E-state index contributed by atoms with van der Waals surface area (Å²) >= 11 is 0. The van der Waals surface area contributed by atoms with Crippen molar-refractivity contribution in [2.45, 2.75) is 20.8 Å². The van der Waals surface area contributed by atoms with E-state index in [1.165, 1.54) is 19.1 Å². The molecule has 0 saturated carbocycles. The van der Waals surface area contributed by atoms with Gasteiger partial charge in [-0.3, -0.25) is 9.59 Å². The van der Waals surface area contributed by atoms with Gasteiger partial charge in [0.15, 0.2) is 6.61 Å². The molecule has 0 bridgehead atoms. The second-order valence-electron chi connectivity index (χ2n) is 7.22. The van der Waals surface area contributed by atoms with Crippen molar-refractivity contribution in [1.82, 2.24) is 9.88 Å². The van der Waals surface area contributed by atoms with E-state index in [4.69, 9.17) is 4.74 Å². The summed E-state index contributed by atoms with van der Waals surface area (Å²) in [5.41, 5.74) is 2.48. The van der Waals surface area contributed by atoms with E-state index >= 15 is 0 Å². The predicted molar refractivity (Wildman–Crippen MR) is 119 cm³/mol. The number of esters is 1. The second kappa shape index (κ2) is 9.87. The van der Waals surface area contributed by atoms with E-state index in [-0.39, 0.29) is 5.70 Å². The number of carbonyl (C=O) groups is 3. The molecule has 0 unspecified atom stereocenters. The molecule has 32 heavy (non-hydrogen) atoms. The van der Waals surface area contributed by atoms with Crippen LogP contribution in [0.25, 0.3) is 11.8 Å². The normalized spacial score (nSPS) is 11.2. The number of amides is 1. The van der Waals surface area contributed by atoms with Crippen molar-refractivity contribution in [2.75, 3.05) is 6.61 Å². The number of hydrogen-bond acceptors (Lipinski definition) is 4. The molecule has 0 radical (unpaired) electrons. The van der Waals surface area contributed by atoms with E-state index in [0.717, 1.165) is 0 Å². The molecule has 0 aliphatic carbocycles. The van der Waals surface area contributed by atoms with Crippen molar-refractivity contribution in [3.05, 3.63) is 94.7 Å². The Morgan fingerprint density at radius 2 is 1.69 bits per heavy atom. The predicted octanol–water partition coefficient (Wildman–Crippen LogP) is 4.14. The molecule has 0 atom stereocenters. The molecule has 1 amide bonds. The summed E-state index contributed by atoms with van der Waals surface area (Å²) < 4.78 is 21.1. The number of ether oxygens (including phenoxy) is 1. The smallest absolute Gasteiger partial charge is 0.355 e. The average Bonchev–Trinajstić information content (AvgIpc) is 3.06. The maximum atomic E-state index is 14.3. The van der Waals surface area contributed by atoms with Crippen molar-refractivity contribution in [1.29, 1.82) is 0 Å². The van der Waals surface area contributed by atoms with Gasteiger partial charge in [0.1, 0.15) is 11.5 Å². The Hall–Kier alpha value is -4.00. The van der Waals surface area contributed by atoms with Crippen LogP contribution in [0.2, 0.25) is 0 Å². The van der Waals surface area contributed by atoms with Crippen LogP contribution in [-0.2, 0) is 14.3 Å². The summed E-state index contributed by atoms with van der Waals surface area (Å²) in [4.78, 5) is 36.8. The van der Waals surface area contributed by atoms with E-state index in [9.17, 15) is 18.8 Å². The number of aromatic nitrogens is 1. The Balaban J connectivity index is 1.78. The Morgan fingerprint density at radius 1 is 1.03 bits per heavy atom. The number of Topliss-reactive ketones (excluding diaryl/α,β-unsaturated/α-hetero) is 1. The SMILES string of the molecule is CC(=O)N/C(=C\c1ccccc1)C(=O)OCC(=O)c1cc(C)n(-c2ccccc2F)c1C. The maximum absolute atomic E-state index is 14.3. The number of benzene rings is 2. The first-order valence-corrected chi connectivity index (χ1v) is 9.96. The van der Waals surface area contributed by atoms with Crippen LogP contribution in [0.3, 0.4) is 0 Å². The first-order valence-electron chi connectivity index (χ1n) is 9.96. The fraction of sp³-hybridized carbons (Fsp3) is 0.160. The lowest BCUT2D eigenvalue weighted by atomic mass is 10.1. The van der Waals surface area contributed by atoms with Gasteiger partial charge in [0.25, 0.3) is 0 Å². The highest BCUT2D eigenvalue weighted by atomic mass is 19.1. The van der Waals surface area contributed by atoms with Gasteiger partial charge in [-0.15, -0.1) is 0 Å². The van der Waals surface area contributed by atoms with Gasteiger partial charge in [-0.25, -0.2) is 9.18 Å². The number of halogens is 1. The van der Waals surface area contributed by atoms with Crippen molar-refractivity contribution < 1.29 is 23.5 Å². The third kappa shape index (κ3) is 5.18. The van der Waals surface area contributed by atoms with Crippen LogP contribution in [0.4, 0.5) is 4.39 Å². The molecule has 2 aromatic carbocycles. The van der Waals surface area contributed by atoms with Crippen LogP contribution in [-0.4, -0.2) is 28.8 Å². The van der Waals surface area contributed by atoms with Gasteiger partial charge in [0.2, 0.25) is 11.7 Å². The molecule has 3 aromatic rings. The van der Waals surface area contributed by atoms with Gasteiger partial charge >= 0.3 is 5.97 Å². The maximum Gasteiger partial charge on any atom is 0.355 e. The van der Waals surface area contributed by atoms with E-state index in [0.29, 0.717) is 28.2 Å². The third-order valence-corrected chi connectivity index (χ3v) is 4.80. The lowest BCUT2D eigenvalue weighted by Crippen LogP contribution is -2.27. The molecule has 3 rings (SSSR count).